The van der Waals surface area contributed by atoms with Crippen LogP contribution in [0.2, 0.25) is 0 Å². The Morgan fingerprint density at radius 1 is 0.938 bits per heavy atom. The molecule has 0 N–H and O–H groups in total. The summed E-state index contributed by atoms with van der Waals surface area (Å²) in [5.41, 5.74) is -0.0365. The van der Waals surface area contributed by atoms with Gasteiger partial charge in [-0.1, -0.05) is 47.8 Å². The molecule has 0 aromatic rings. The van der Waals surface area contributed by atoms with Gasteiger partial charge >= 0.3 is 0 Å². The van der Waals surface area contributed by atoms with Crippen molar-refractivity contribution in [2.75, 3.05) is 0 Å². The molecular weight excluding hydrogens is 400 g/mol. The monoisotopic (exact) mass is 412 g/mol. The molecule has 0 aromatic carbocycles. The maximum absolute atomic E-state index is 12.6. The summed E-state index contributed by atoms with van der Waals surface area (Å²) in [6, 6.07) is 0. The summed E-state index contributed by atoms with van der Waals surface area (Å²) in [5.74, 6) is 2.79. The van der Waals surface area contributed by atoms with Gasteiger partial charge < -0.3 is 0 Å². The Bertz CT molecular complexity index is 296. The van der Waals surface area contributed by atoms with E-state index < -0.39 is 2.14 Å². The molecule has 4 aliphatic rings. The molecule has 90 valence electrons. The highest BCUT2D eigenvalue weighted by Gasteiger charge is 2.57. The number of Topliss-reactive ketones (excluding diaryl/α,β-unsaturated/α-hetero) is 1. The van der Waals surface area contributed by atoms with E-state index in [2.05, 4.69) is 47.8 Å². The molecule has 0 saturated heterocycles. The van der Waals surface area contributed by atoms with Crippen molar-refractivity contribution in [3.8, 4) is 0 Å². The first-order chi connectivity index (χ1) is 7.39. The highest BCUT2D eigenvalue weighted by molar-refractivity contribution is 9.40. The fraction of sp³-hybridized carbons (Fsp3) is 0.917. The van der Waals surface area contributed by atoms with Crippen molar-refractivity contribution in [2.45, 2.75) is 40.7 Å². The topological polar surface area (TPSA) is 17.1 Å². The van der Waals surface area contributed by atoms with E-state index in [9.17, 15) is 4.79 Å². The second-order valence-corrected chi connectivity index (χ2v) is 12.8. The Kier molecular flexibility index (Phi) is 2.89. The smallest absolute Gasteiger partial charge is 0.193 e. The van der Waals surface area contributed by atoms with Crippen LogP contribution in [0.4, 0.5) is 0 Å². The standard InChI is InChI=1S/C12H15Br3O/c13-12(14,15)10(16)11-4-7-1-8(5-11)3-9(2-7)6-11/h7-9H,1-6H2. The van der Waals surface area contributed by atoms with E-state index >= 15 is 0 Å². The Balaban J connectivity index is 1.91. The van der Waals surface area contributed by atoms with Crippen LogP contribution in [0, 0.1) is 23.2 Å². The molecule has 4 saturated carbocycles. The fourth-order valence-corrected chi connectivity index (χ4v) is 5.95. The molecule has 0 heterocycles. The van der Waals surface area contributed by atoms with Crippen LogP contribution < -0.4 is 0 Å². The van der Waals surface area contributed by atoms with Gasteiger partial charge in [-0.2, -0.15) is 0 Å². The third-order valence-electron chi connectivity index (χ3n) is 4.78. The lowest BCUT2D eigenvalue weighted by Gasteiger charge is -2.56. The minimum Gasteiger partial charge on any atom is -0.296 e. The Morgan fingerprint density at radius 3 is 1.62 bits per heavy atom. The third-order valence-corrected chi connectivity index (χ3v) is 5.86. The molecule has 0 spiro atoms. The summed E-state index contributed by atoms with van der Waals surface area (Å²) in [7, 11) is 0. The van der Waals surface area contributed by atoms with Gasteiger partial charge in [-0.3, -0.25) is 4.79 Å². The van der Waals surface area contributed by atoms with Crippen LogP contribution in [-0.2, 0) is 4.79 Å². The van der Waals surface area contributed by atoms with Crippen LogP contribution in [0.15, 0.2) is 0 Å². The summed E-state index contributed by atoms with van der Waals surface area (Å²) in [6.07, 6.45) is 7.53. The lowest BCUT2D eigenvalue weighted by atomic mass is 9.48. The number of rotatable bonds is 1. The number of alkyl halides is 3. The normalized spacial score (nSPS) is 46.1. The quantitative estimate of drug-likeness (QED) is 0.572. The van der Waals surface area contributed by atoms with Crippen molar-refractivity contribution in [1.82, 2.24) is 0 Å². The van der Waals surface area contributed by atoms with Gasteiger partial charge in [0, 0.05) is 5.41 Å². The van der Waals surface area contributed by atoms with Crippen molar-refractivity contribution < 1.29 is 4.79 Å². The SMILES string of the molecule is O=C(C(Br)(Br)Br)C12CC3CC(CC(C3)C1)C2. The van der Waals surface area contributed by atoms with Crippen LogP contribution in [0.25, 0.3) is 0 Å². The highest BCUT2D eigenvalue weighted by Crippen LogP contribution is 2.62. The fourth-order valence-electron chi connectivity index (χ4n) is 4.69. The maximum Gasteiger partial charge on any atom is 0.193 e. The van der Waals surface area contributed by atoms with E-state index in [4.69, 9.17) is 0 Å². The second kappa shape index (κ2) is 3.80. The number of ketones is 1. The first kappa shape index (κ1) is 12.2. The molecule has 16 heavy (non-hydrogen) atoms. The zero-order chi connectivity index (χ0) is 11.6. The van der Waals surface area contributed by atoms with Crippen molar-refractivity contribution in [3.05, 3.63) is 0 Å². The van der Waals surface area contributed by atoms with Crippen LogP contribution in [-0.4, -0.2) is 7.93 Å². The van der Waals surface area contributed by atoms with Crippen molar-refractivity contribution in [3.63, 3.8) is 0 Å². The zero-order valence-electron chi connectivity index (χ0n) is 9.02. The first-order valence-corrected chi connectivity index (χ1v) is 8.38. The molecule has 1 nitrogen and oxygen atoms in total. The van der Waals surface area contributed by atoms with E-state index in [-0.39, 0.29) is 5.41 Å². The Morgan fingerprint density at radius 2 is 1.31 bits per heavy atom. The number of carbonyl (C=O) groups is 1. The largest absolute Gasteiger partial charge is 0.296 e. The molecule has 0 radical (unpaired) electrons. The summed E-state index contributed by atoms with van der Waals surface area (Å²) >= 11 is 10.3. The Hall–Kier alpha value is 1.11. The van der Waals surface area contributed by atoms with Crippen LogP contribution in [0.3, 0.4) is 0 Å². The minimum absolute atomic E-state index is 0.0365. The van der Waals surface area contributed by atoms with Crippen molar-refractivity contribution in [2.24, 2.45) is 23.2 Å². The summed E-state index contributed by atoms with van der Waals surface area (Å²) < 4.78 is -0.696. The summed E-state index contributed by atoms with van der Waals surface area (Å²) in [4.78, 5) is 12.6. The second-order valence-electron chi connectivity index (χ2n) is 6.02. The predicted molar refractivity (Wildman–Crippen MR) is 75.1 cm³/mol. The molecule has 0 unspecified atom stereocenters. The van der Waals surface area contributed by atoms with E-state index in [0.29, 0.717) is 5.78 Å². The van der Waals surface area contributed by atoms with Gasteiger partial charge in [0.15, 0.2) is 7.93 Å². The van der Waals surface area contributed by atoms with Gasteiger partial charge in [0.2, 0.25) is 0 Å². The van der Waals surface area contributed by atoms with Crippen molar-refractivity contribution in [1.29, 1.82) is 0 Å². The van der Waals surface area contributed by atoms with Crippen LogP contribution in [0.5, 0.6) is 0 Å². The Labute approximate surface area is 122 Å². The third kappa shape index (κ3) is 1.87. The first-order valence-electron chi connectivity index (χ1n) is 6.01. The van der Waals surface area contributed by atoms with Crippen LogP contribution in [0.1, 0.15) is 38.5 Å². The molecular formula is C12H15Br3O. The average molecular weight is 415 g/mol. The minimum atomic E-state index is -0.696. The van der Waals surface area contributed by atoms with E-state index in [1.54, 1.807) is 0 Å². The highest BCUT2D eigenvalue weighted by atomic mass is 80.0. The maximum atomic E-state index is 12.6. The van der Waals surface area contributed by atoms with Crippen LogP contribution >= 0.6 is 47.8 Å². The lowest BCUT2D eigenvalue weighted by molar-refractivity contribution is -0.142. The van der Waals surface area contributed by atoms with Gasteiger partial charge in [-0.05, 0) is 56.3 Å². The predicted octanol–water partition coefficient (Wildman–Crippen LogP) is 4.61. The zero-order valence-corrected chi connectivity index (χ0v) is 13.8. The molecule has 4 fully saturated rings. The molecule has 4 heteroatoms. The lowest BCUT2D eigenvalue weighted by Crippen LogP contribution is -2.52. The van der Waals surface area contributed by atoms with E-state index in [0.717, 1.165) is 37.0 Å². The number of hydrogen-bond acceptors (Lipinski definition) is 1. The molecule has 4 aliphatic carbocycles. The molecule has 0 aliphatic heterocycles. The molecule has 0 amide bonds. The van der Waals surface area contributed by atoms with Gasteiger partial charge in [0.1, 0.15) is 0 Å². The summed E-state index contributed by atoms with van der Waals surface area (Å²) in [5, 5.41) is 0. The molecule has 0 atom stereocenters. The average Bonchev–Trinajstić information content (AvgIpc) is 2.12. The van der Waals surface area contributed by atoms with E-state index in [1.165, 1.54) is 19.3 Å². The molecule has 4 bridgehead atoms. The summed E-state index contributed by atoms with van der Waals surface area (Å²) in [6.45, 7) is 0. The van der Waals surface area contributed by atoms with Gasteiger partial charge in [-0.15, -0.1) is 0 Å². The number of halogens is 3. The van der Waals surface area contributed by atoms with Gasteiger partial charge in [-0.25, -0.2) is 0 Å². The number of hydrogen-bond donors (Lipinski definition) is 0. The number of carbonyl (C=O) groups excluding carboxylic acids is 1. The molecule has 0 aromatic heterocycles. The van der Waals surface area contributed by atoms with Gasteiger partial charge in [0.05, 0.1) is 0 Å². The molecule has 4 rings (SSSR count). The van der Waals surface area contributed by atoms with Gasteiger partial charge in [0.25, 0.3) is 0 Å². The van der Waals surface area contributed by atoms with Crippen molar-refractivity contribution >= 4 is 53.6 Å². The van der Waals surface area contributed by atoms with E-state index in [1.807, 2.05) is 0 Å².